The minimum absolute atomic E-state index is 0.0744. The molecule has 0 aromatic rings. The van der Waals surface area contributed by atoms with Crippen molar-refractivity contribution in [3.63, 3.8) is 0 Å². The summed E-state index contributed by atoms with van der Waals surface area (Å²) >= 11 is 0. The third-order valence-electron chi connectivity index (χ3n) is 14.4. The Kier molecular flexibility index (Phi) is 62.7. The fourth-order valence-electron chi connectivity index (χ4n) is 9.40. The van der Waals surface area contributed by atoms with Crippen LogP contribution in [0.5, 0.6) is 0 Å². The van der Waals surface area contributed by atoms with Gasteiger partial charge in [0.15, 0.2) is 6.10 Å². The molecule has 1 atom stereocenters. The van der Waals surface area contributed by atoms with Crippen molar-refractivity contribution in [1.82, 2.24) is 0 Å². The van der Waals surface area contributed by atoms with E-state index in [1.807, 2.05) is 0 Å². The van der Waals surface area contributed by atoms with E-state index in [2.05, 4.69) is 118 Å². The van der Waals surface area contributed by atoms with Crippen LogP contribution in [0.1, 0.15) is 323 Å². The zero-order valence-electron chi connectivity index (χ0n) is 51.4. The van der Waals surface area contributed by atoms with Crippen LogP contribution in [0.15, 0.2) is 97.2 Å². The van der Waals surface area contributed by atoms with Gasteiger partial charge < -0.3 is 14.2 Å². The molecule has 0 N–H and O–H groups in total. The van der Waals surface area contributed by atoms with Gasteiger partial charge >= 0.3 is 17.9 Å². The van der Waals surface area contributed by atoms with Crippen molar-refractivity contribution in [3.8, 4) is 0 Å². The second-order valence-electron chi connectivity index (χ2n) is 22.0. The maximum atomic E-state index is 12.9. The second kappa shape index (κ2) is 65.8. The molecule has 0 bridgehead atoms. The second-order valence-corrected chi connectivity index (χ2v) is 22.0. The molecule has 0 heterocycles. The van der Waals surface area contributed by atoms with E-state index < -0.39 is 6.10 Å². The molecule has 1 unspecified atom stereocenters. The van der Waals surface area contributed by atoms with Gasteiger partial charge in [-0.25, -0.2) is 0 Å². The van der Waals surface area contributed by atoms with Crippen LogP contribution >= 0.6 is 0 Å². The predicted molar refractivity (Wildman–Crippen MR) is 339 cm³/mol. The smallest absolute Gasteiger partial charge is 0.306 e. The largest absolute Gasteiger partial charge is 0.462 e. The van der Waals surface area contributed by atoms with Gasteiger partial charge in [0, 0.05) is 19.3 Å². The zero-order chi connectivity index (χ0) is 56.4. The maximum Gasteiger partial charge on any atom is 0.306 e. The lowest BCUT2D eigenvalue weighted by atomic mass is 10.0. The SMILES string of the molecule is CC/C=C\C/C=C\C/C=C\C/C=C\C/C=C\C/C=C\C/C=C\C/C=C\CCCCCCCCCCC(=O)OCC(COC(=O)CCCCCCCCCCCCCCC)OC(=O)CCCCCCCCCCCCCCCC. The van der Waals surface area contributed by atoms with Gasteiger partial charge in [-0.15, -0.1) is 0 Å². The van der Waals surface area contributed by atoms with Crippen LogP contribution in [0.2, 0.25) is 0 Å². The molecule has 6 heteroatoms. The molecule has 0 amide bonds. The number of unbranched alkanes of at least 4 members (excludes halogenated alkanes) is 33. The fraction of sp³-hybridized carbons (Fsp3) is 0.736. The summed E-state index contributed by atoms with van der Waals surface area (Å²) in [6, 6.07) is 0. The molecule has 0 spiro atoms. The third-order valence-corrected chi connectivity index (χ3v) is 14.4. The Hall–Kier alpha value is -3.67. The third kappa shape index (κ3) is 63.2. The molecule has 78 heavy (non-hydrogen) atoms. The molecule has 0 aromatic carbocycles. The Morgan fingerprint density at radius 3 is 0.782 bits per heavy atom. The van der Waals surface area contributed by atoms with Gasteiger partial charge in [0.25, 0.3) is 0 Å². The van der Waals surface area contributed by atoms with Crippen LogP contribution in [0.25, 0.3) is 0 Å². The van der Waals surface area contributed by atoms with E-state index in [1.165, 1.54) is 167 Å². The van der Waals surface area contributed by atoms with Crippen LogP contribution in [0.4, 0.5) is 0 Å². The van der Waals surface area contributed by atoms with Crippen molar-refractivity contribution in [2.24, 2.45) is 0 Å². The summed E-state index contributed by atoms with van der Waals surface area (Å²) in [6.07, 6.45) is 88.5. The summed E-state index contributed by atoms with van der Waals surface area (Å²) in [5, 5.41) is 0. The number of ether oxygens (including phenoxy) is 3. The molecule has 0 saturated heterocycles. The highest BCUT2D eigenvalue weighted by Crippen LogP contribution is 2.17. The monoisotopic (exact) mass is 1080 g/mol. The molecule has 0 aliphatic heterocycles. The lowest BCUT2D eigenvalue weighted by Gasteiger charge is -2.18. The average molecular weight is 1090 g/mol. The molecule has 0 rings (SSSR count). The summed E-state index contributed by atoms with van der Waals surface area (Å²) in [6.45, 7) is 6.55. The number of carbonyl (C=O) groups is 3. The van der Waals surface area contributed by atoms with Crippen molar-refractivity contribution in [3.05, 3.63) is 97.2 Å². The highest BCUT2D eigenvalue weighted by Gasteiger charge is 2.19. The van der Waals surface area contributed by atoms with Gasteiger partial charge in [-0.1, -0.05) is 317 Å². The van der Waals surface area contributed by atoms with E-state index in [1.54, 1.807) is 0 Å². The molecular weight excluding hydrogens is 961 g/mol. The summed E-state index contributed by atoms with van der Waals surface area (Å²) in [7, 11) is 0. The highest BCUT2D eigenvalue weighted by molar-refractivity contribution is 5.71. The van der Waals surface area contributed by atoms with Crippen molar-refractivity contribution in [1.29, 1.82) is 0 Å². The summed E-state index contributed by atoms with van der Waals surface area (Å²) in [4.78, 5) is 38.3. The van der Waals surface area contributed by atoms with Crippen LogP contribution in [0, 0.1) is 0 Å². The Morgan fingerprint density at radius 1 is 0.269 bits per heavy atom. The van der Waals surface area contributed by atoms with Crippen LogP contribution < -0.4 is 0 Å². The summed E-state index contributed by atoms with van der Waals surface area (Å²) < 4.78 is 16.9. The van der Waals surface area contributed by atoms with Gasteiger partial charge in [0.1, 0.15) is 13.2 Å². The van der Waals surface area contributed by atoms with Crippen molar-refractivity contribution >= 4 is 17.9 Å². The zero-order valence-corrected chi connectivity index (χ0v) is 51.4. The first kappa shape index (κ1) is 74.3. The molecule has 448 valence electrons. The normalized spacial score (nSPS) is 12.7. The van der Waals surface area contributed by atoms with Gasteiger partial charge in [-0.05, 0) is 83.5 Å². The first-order chi connectivity index (χ1) is 38.5. The van der Waals surface area contributed by atoms with Crippen molar-refractivity contribution in [2.45, 2.75) is 329 Å². The van der Waals surface area contributed by atoms with E-state index in [0.29, 0.717) is 19.3 Å². The molecule has 0 aromatic heterocycles. The lowest BCUT2D eigenvalue weighted by molar-refractivity contribution is -0.167. The molecule has 0 saturated carbocycles. The number of rotatable bonds is 60. The quantitative estimate of drug-likeness (QED) is 0.0261. The van der Waals surface area contributed by atoms with Gasteiger partial charge in [-0.3, -0.25) is 14.4 Å². The molecule has 0 fully saturated rings. The van der Waals surface area contributed by atoms with Crippen molar-refractivity contribution < 1.29 is 28.6 Å². The van der Waals surface area contributed by atoms with Crippen LogP contribution in [-0.2, 0) is 28.6 Å². The molecule has 0 aliphatic carbocycles. The Labute approximate surface area is 483 Å². The highest BCUT2D eigenvalue weighted by atomic mass is 16.6. The Bertz CT molecular complexity index is 1530. The molecular formula is C72H124O6. The number of hydrogen-bond donors (Lipinski definition) is 0. The van der Waals surface area contributed by atoms with E-state index >= 15 is 0 Å². The van der Waals surface area contributed by atoms with Crippen LogP contribution in [0.3, 0.4) is 0 Å². The molecule has 0 radical (unpaired) electrons. The number of carbonyl (C=O) groups excluding carboxylic acids is 3. The van der Waals surface area contributed by atoms with Crippen LogP contribution in [-0.4, -0.2) is 37.2 Å². The average Bonchev–Trinajstić information content (AvgIpc) is 3.44. The molecule has 6 nitrogen and oxygen atoms in total. The maximum absolute atomic E-state index is 12.9. The van der Waals surface area contributed by atoms with E-state index in [9.17, 15) is 14.4 Å². The molecule has 0 aliphatic rings. The summed E-state index contributed by atoms with van der Waals surface area (Å²) in [5.41, 5.74) is 0. The Morgan fingerprint density at radius 2 is 0.500 bits per heavy atom. The lowest BCUT2D eigenvalue weighted by Crippen LogP contribution is -2.30. The van der Waals surface area contributed by atoms with Gasteiger partial charge in [-0.2, -0.15) is 0 Å². The Balaban J connectivity index is 4.23. The predicted octanol–water partition coefficient (Wildman–Crippen LogP) is 22.8. The van der Waals surface area contributed by atoms with Gasteiger partial charge in [0.05, 0.1) is 0 Å². The number of esters is 3. The number of allylic oxidation sites excluding steroid dienone is 16. The standard InChI is InChI=1S/C72H124O6/c1-4-7-10-13-16-19-22-25-27-28-29-30-31-32-33-34-35-36-37-38-39-40-41-42-43-44-45-48-50-53-56-59-62-65-71(74)77-68-69(67-76-70(73)64-61-58-55-52-49-46-24-21-18-15-12-9-6-3)78-72(75)66-63-60-57-54-51-47-26-23-20-17-14-11-8-5-2/h7,10,16,19,25,27,29-30,32-33,35-36,38-39,41-42,69H,4-6,8-9,11-15,17-18,20-24,26,28,31,34,37,40,43-68H2,1-3H3/b10-7-,19-16-,27-25-,30-29-,33-32-,36-35-,39-38-,42-41-. The first-order valence-electron chi connectivity index (χ1n) is 33.2. The number of hydrogen-bond acceptors (Lipinski definition) is 6. The minimum Gasteiger partial charge on any atom is -0.462 e. The van der Waals surface area contributed by atoms with Crippen molar-refractivity contribution in [2.75, 3.05) is 13.2 Å². The van der Waals surface area contributed by atoms with E-state index in [-0.39, 0.29) is 31.1 Å². The summed E-state index contributed by atoms with van der Waals surface area (Å²) in [5.74, 6) is -0.869. The fourth-order valence-corrected chi connectivity index (χ4v) is 9.40. The minimum atomic E-state index is -0.777. The van der Waals surface area contributed by atoms with E-state index in [4.69, 9.17) is 14.2 Å². The van der Waals surface area contributed by atoms with E-state index in [0.717, 1.165) is 116 Å². The topological polar surface area (TPSA) is 78.9 Å². The first-order valence-corrected chi connectivity index (χ1v) is 33.2. The van der Waals surface area contributed by atoms with Gasteiger partial charge in [0.2, 0.25) is 0 Å².